The van der Waals surface area contributed by atoms with Gasteiger partial charge in [0.2, 0.25) is 0 Å². The SMILES string of the molecule is C=CC(=O)OS.c1ccc(-c2ccccc2OCC2CO2)cc1. The van der Waals surface area contributed by atoms with E-state index in [9.17, 15) is 4.79 Å². The van der Waals surface area contributed by atoms with Crippen LogP contribution in [-0.2, 0) is 13.7 Å². The predicted molar refractivity (Wildman–Crippen MR) is 92.4 cm³/mol. The smallest absolute Gasteiger partial charge is 0.341 e. The highest BCUT2D eigenvalue weighted by atomic mass is 32.1. The van der Waals surface area contributed by atoms with Crippen LogP contribution in [0.2, 0.25) is 0 Å². The summed E-state index contributed by atoms with van der Waals surface area (Å²) in [7, 11) is 0. The van der Waals surface area contributed by atoms with Gasteiger partial charge >= 0.3 is 5.97 Å². The molecule has 1 fully saturated rings. The lowest BCUT2D eigenvalue weighted by Crippen LogP contribution is -2.04. The van der Waals surface area contributed by atoms with Gasteiger partial charge in [-0.15, -0.1) is 0 Å². The number of benzene rings is 2. The Morgan fingerprint density at radius 2 is 1.87 bits per heavy atom. The van der Waals surface area contributed by atoms with Crippen LogP contribution in [0.5, 0.6) is 5.75 Å². The van der Waals surface area contributed by atoms with Gasteiger partial charge in [-0.05, 0) is 11.6 Å². The lowest BCUT2D eigenvalue weighted by atomic mass is 10.1. The van der Waals surface area contributed by atoms with E-state index in [4.69, 9.17) is 9.47 Å². The van der Waals surface area contributed by atoms with Crippen LogP contribution in [0.25, 0.3) is 11.1 Å². The molecule has 4 nitrogen and oxygen atoms in total. The van der Waals surface area contributed by atoms with Crippen LogP contribution in [-0.4, -0.2) is 25.3 Å². The van der Waals surface area contributed by atoms with Gasteiger partial charge < -0.3 is 13.7 Å². The second-order valence-electron chi connectivity index (χ2n) is 4.74. The molecule has 23 heavy (non-hydrogen) atoms. The molecular formula is C18H18O4S. The van der Waals surface area contributed by atoms with Gasteiger partial charge in [-0.3, -0.25) is 0 Å². The lowest BCUT2D eigenvalue weighted by Gasteiger charge is -2.10. The van der Waals surface area contributed by atoms with Crippen molar-refractivity contribution in [2.45, 2.75) is 6.10 Å². The molecular weight excluding hydrogens is 312 g/mol. The predicted octanol–water partition coefficient (Wildman–Crippen LogP) is 3.69. The first-order chi connectivity index (χ1) is 11.2. The molecule has 0 aliphatic carbocycles. The highest BCUT2D eigenvalue weighted by Crippen LogP contribution is 2.30. The minimum absolute atomic E-state index is 0.291. The van der Waals surface area contributed by atoms with Crippen molar-refractivity contribution in [2.75, 3.05) is 13.2 Å². The fourth-order valence-electron chi connectivity index (χ4n) is 1.83. The van der Waals surface area contributed by atoms with Crippen molar-refractivity contribution >= 4 is 18.9 Å². The number of hydrogen-bond acceptors (Lipinski definition) is 5. The van der Waals surface area contributed by atoms with Crippen molar-refractivity contribution in [1.82, 2.24) is 0 Å². The fraction of sp³-hybridized carbons (Fsp3) is 0.167. The van der Waals surface area contributed by atoms with Gasteiger partial charge in [0.1, 0.15) is 18.5 Å². The fourth-order valence-corrected chi connectivity index (χ4v) is 1.91. The van der Waals surface area contributed by atoms with Crippen molar-refractivity contribution < 1.29 is 18.5 Å². The van der Waals surface area contributed by atoms with Gasteiger partial charge in [0.15, 0.2) is 0 Å². The second-order valence-corrected chi connectivity index (χ2v) is 4.93. The van der Waals surface area contributed by atoms with Crippen molar-refractivity contribution in [3.05, 3.63) is 67.3 Å². The molecule has 1 aliphatic heterocycles. The zero-order valence-corrected chi connectivity index (χ0v) is 13.4. The standard InChI is InChI=1S/C15H14O2.C3H4O2S/c1-2-6-12(7-3-1)14-8-4-5-9-15(14)17-11-13-10-16-13;1-2-3(4)5-6/h1-9,13H,10-11H2;2,6H,1H2. The number of thiol groups is 1. The van der Waals surface area contributed by atoms with Gasteiger partial charge in [-0.25, -0.2) is 4.79 Å². The molecule has 2 aromatic carbocycles. The van der Waals surface area contributed by atoms with Crippen LogP contribution in [0.4, 0.5) is 0 Å². The van der Waals surface area contributed by atoms with Crippen LogP contribution in [0.1, 0.15) is 0 Å². The first-order valence-electron chi connectivity index (χ1n) is 7.11. The molecule has 3 rings (SSSR count). The van der Waals surface area contributed by atoms with Crippen LogP contribution in [0.15, 0.2) is 67.3 Å². The molecule has 2 aromatic rings. The first-order valence-corrected chi connectivity index (χ1v) is 7.47. The lowest BCUT2D eigenvalue weighted by molar-refractivity contribution is -0.127. The van der Waals surface area contributed by atoms with Crippen molar-refractivity contribution in [3.8, 4) is 16.9 Å². The van der Waals surface area contributed by atoms with Gasteiger partial charge in [0, 0.05) is 24.5 Å². The Balaban J connectivity index is 0.000000277. The number of carbonyl (C=O) groups excluding carboxylic acids is 1. The van der Waals surface area contributed by atoms with E-state index < -0.39 is 5.97 Å². The molecule has 0 saturated carbocycles. The summed E-state index contributed by atoms with van der Waals surface area (Å²) >= 11 is 3.17. The van der Waals surface area contributed by atoms with Crippen LogP contribution < -0.4 is 4.74 Å². The van der Waals surface area contributed by atoms with Gasteiger partial charge in [0.25, 0.3) is 0 Å². The average Bonchev–Trinajstić information content (AvgIpc) is 3.45. The molecule has 0 spiro atoms. The Labute approximate surface area is 141 Å². The van der Waals surface area contributed by atoms with Crippen molar-refractivity contribution in [1.29, 1.82) is 0 Å². The zero-order chi connectivity index (χ0) is 16.5. The van der Waals surface area contributed by atoms with E-state index >= 15 is 0 Å². The molecule has 1 heterocycles. The van der Waals surface area contributed by atoms with Crippen molar-refractivity contribution in [2.24, 2.45) is 0 Å². The zero-order valence-electron chi connectivity index (χ0n) is 12.6. The Morgan fingerprint density at radius 1 is 1.22 bits per heavy atom. The summed E-state index contributed by atoms with van der Waals surface area (Å²) in [6.45, 7) is 4.58. The molecule has 0 aromatic heterocycles. The van der Waals surface area contributed by atoms with Gasteiger partial charge in [0.05, 0.1) is 6.61 Å². The quantitative estimate of drug-likeness (QED) is 0.393. The largest absolute Gasteiger partial charge is 0.490 e. The highest BCUT2D eigenvalue weighted by molar-refractivity contribution is 7.75. The Kier molecular flexibility index (Phi) is 6.72. The third kappa shape index (κ3) is 5.81. The normalized spacial score (nSPS) is 14.9. The molecule has 5 heteroatoms. The topological polar surface area (TPSA) is 48.1 Å². The minimum Gasteiger partial charge on any atom is -0.490 e. The monoisotopic (exact) mass is 330 g/mol. The van der Waals surface area contributed by atoms with E-state index in [1.807, 2.05) is 36.4 Å². The molecule has 1 unspecified atom stereocenters. The maximum absolute atomic E-state index is 9.76. The van der Waals surface area contributed by atoms with Crippen LogP contribution in [0.3, 0.4) is 0 Å². The number of carbonyl (C=O) groups is 1. The molecule has 1 atom stereocenters. The van der Waals surface area contributed by atoms with Gasteiger partial charge in [-0.2, -0.15) is 0 Å². The van der Waals surface area contributed by atoms with Crippen molar-refractivity contribution in [3.63, 3.8) is 0 Å². The van der Waals surface area contributed by atoms with E-state index in [-0.39, 0.29) is 0 Å². The van der Waals surface area contributed by atoms with E-state index in [1.54, 1.807) is 0 Å². The van der Waals surface area contributed by atoms with Crippen LogP contribution in [0, 0.1) is 0 Å². The van der Waals surface area contributed by atoms with Gasteiger partial charge in [-0.1, -0.05) is 55.1 Å². The molecule has 1 aliphatic rings. The summed E-state index contributed by atoms with van der Waals surface area (Å²) in [5, 5.41) is 0. The van der Waals surface area contributed by atoms with Crippen LogP contribution >= 0.6 is 12.9 Å². The first kappa shape index (κ1) is 17.1. The summed E-state index contributed by atoms with van der Waals surface area (Å²) in [6, 6.07) is 18.4. The molecule has 0 radical (unpaired) electrons. The third-order valence-electron chi connectivity index (χ3n) is 3.06. The number of ether oxygens (including phenoxy) is 2. The molecule has 120 valence electrons. The summed E-state index contributed by atoms with van der Waals surface area (Å²) in [5.74, 6) is 0.396. The number of hydrogen-bond donors (Lipinski definition) is 1. The molecule has 0 N–H and O–H groups in total. The number of epoxide rings is 1. The van der Waals surface area contributed by atoms with E-state index in [0.29, 0.717) is 12.7 Å². The van der Waals surface area contributed by atoms with E-state index in [2.05, 4.69) is 41.9 Å². The van der Waals surface area contributed by atoms with E-state index in [0.717, 1.165) is 24.0 Å². The number of para-hydroxylation sites is 1. The average molecular weight is 330 g/mol. The second kappa shape index (κ2) is 9.02. The number of rotatable bonds is 5. The molecule has 1 saturated heterocycles. The summed E-state index contributed by atoms with van der Waals surface area (Å²) in [6.07, 6.45) is 1.33. The Hall–Kier alpha value is -2.24. The maximum Gasteiger partial charge on any atom is 0.341 e. The summed E-state index contributed by atoms with van der Waals surface area (Å²) < 4.78 is 14.8. The summed E-state index contributed by atoms with van der Waals surface area (Å²) in [4.78, 5) is 9.76. The third-order valence-corrected chi connectivity index (χ3v) is 3.24. The molecule has 0 amide bonds. The summed E-state index contributed by atoms with van der Waals surface area (Å²) in [5.41, 5.74) is 2.31. The maximum atomic E-state index is 9.76. The molecule has 0 bridgehead atoms. The highest BCUT2D eigenvalue weighted by Gasteiger charge is 2.23. The van der Waals surface area contributed by atoms with E-state index in [1.165, 1.54) is 5.56 Å². The Bertz CT molecular complexity index is 638. The minimum atomic E-state index is -0.529. The Morgan fingerprint density at radius 3 is 2.43 bits per heavy atom.